The summed E-state index contributed by atoms with van der Waals surface area (Å²) in [6.07, 6.45) is 4.00. The topological polar surface area (TPSA) is 50.5 Å². The van der Waals surface area contributed by atoms with Crippen molar-refractivity contribution in [2.75, 3.05) is 13.1 Å². The standard InChI is InChI=1S/C22H20N4O/c27-22(18-11-10-16-6-1-2-7-17(16)14-18)25-12-5-8-19(15-25)21-24-23-20-9-3-4-13-26(20)21/h1-4,6-7,9-11,13-14,19H,5,8,12,15H2. The molecule has 1 amide bonds. The molecule has 1 saturated heterocycles. The molecular weight excluding hydrogens is 336 g/mol. The van der Waals surface area contributed by atoms with E-state index in [4.69, 9.17) is 0 Å². The van der Waals surface area contributed by atoms with Gasteiger partial charge in [0.05, 0.1) is 0 Å². The van der Waals surface area contributed by atoms with Crippen LogP contribution in [0.3, 0.4) is 0 Å². The number of amides is 1. The summed E-state index contributed by atoms with van der Waals surface area (Å²) in [5.41, 5.74) is 1.60. The van der Waals surface area contributed by atoms with E-state index in [2.05, 4.69) is 16.3 Å². The normalized spacial score (nSPS) is 17.5. The molecule has 0 aliphatic carbocycles. The minimum atomic E-state index is 0.0965. The molecule has 0 spiro atoms. The van der Waals surface area contributed by atoms with Gasteiger partial charge >= 0.3 is 0 Å². The molecule has 5 heteroatoms. The Morgan fingerprint density at radius 2 is 1.81 bits per heavy atom. The minimum Gasteiger partial charge on any atom is -0.338 e. The van der Waals surface area contributed by atoms with E-state index in [0.717, 1.165) is 47.2 Å². The van der Waals surface area contributed by atoms with Gasteiger partial charge < -0.3 is 4.90 Å². The van der Waals surface area contributed by atoms with Crippen LogP contribution >= 0.6 is 0 Å². The van der Waals surface area contributed by atoms with Crippen LogP contribution in [0.25, 0.3) is 16.4 Å². The van der Waals surface area contributed by atoms with Crippen LogP contribution in [0.15, 0.2) is 66.9 Å². The lowest BCUT2D eigenvalue weighted by molar-refractivity contribution is 0.0704. The molecule has 4 aromatic rings. The second kappa shape index (κ2) is 6.50. The van der Waals surface area contributed by atoms with Crippen molar-refractivity contribution in [3.8, 4) is 0 Å². The van der Waals surface area contributed by atoms with Crippen molar-refractivity contribution in [1.29, 1.82) is 0 Å². The van der Waals surface area contributed by atoms with Crippen LogP contribution in [0.5, 0.6) is 0 Å². The van der Waals surface area contributed by atoms with E-state index in [1.807, 2.05) is 70.1 Å². The number of aromatic nitrogens is 3. The second-order valence-corrected chi connectivity index (χ2v) is 7.14. The maximum atomic E-state index is 13.1. The average Bonchev–Trinajstić information content (AvgIpc) is 3.17. The van der Waals surface area contributed by atoms with E-state index in [1.165, 1.54) is 0 Å². The predicted octanol–water partition coefficient (Wildman–Crippen LogP) is 3.90. The molecule has 1 aliphatic rings. The Morgan fingerprint density at radius 1 is 0.963 bits per heavy atom. The number of fused-ring (bicyclic) bond motifs is 2. The van der Waals surface area contributed by atoms with Crippen molar-refractivity contribution in [1.82, 2.24) is 19.5 Å². The number of hydrogen-bond donors (Lipinski definition) is 0. The summed E-state index contributed by atoms with van der Waals surface area (Å²) < 4.78 is 2.04. The summed E-state index contributed by atoms with van der Waals surface area (Å²) in [5.74, 6) is 1.25. The lowest BCUT2D eigenvalue weighted by atomic mass is 9.96. The smallest absolute Gasteiger partial charge is 0.253 e. The molecule has 0 bridgehead atoms. The van der Waals surface area contributed by atoms with Gasteiger partial charge in [0.25, 0.3) is 5.91 Å². The van der Waals surface area contributed by atoms with Gasteiger partial charge in [-0.25, -0.2) is 0 Å². The van der Waals surface area contributed by atoms with Gasteiger partial charge in [-0.05, 0) is 47.9 Å². The number of benzene rings is 2. The summed E-state index contributed by atoms with van der Waals surface area (Å²) in [4.78, 5) is 15.1. The number of likely N-dealkylation sites (tertiary alicyclic amines) is 1. The van der Waals surface area contributed by atoms with E-state index >= 15 is 0 Å². The number of carbonyl (C=O) groups excluding carboxylic acids is 1. The monoisotopic (exact) mass is 356 g/mol. The summed E-state index contributed by atoms with van der Waals surface area (Å²) in [6.45, 7) is 1.47. The molecule has 1 unspecified atom stereocenters. The van der Waals surface area contributed by atoms with Gasteiger partial charge in [0.2, 0.25) is 0 Å². The predicted molar refractivity (Wildman–Crippen MR) is 105 cm³/mol. The first-order valence-corrected chi connectivity index (χ1v) is 9.37. The van der Waals surface area contributed by atoms with Crippen molar-refractivity contribution in [2.45, 2.75) is 18.8 Å². The lowest BCUT2D eigenvalue weighted by Gasteiger charge is -2.32. The van der Waals surface area contributed by atoms with Crippen LogP contribution in [0, 0.1) is 0 Å². The molecular formula is C22H20N4O. The molecule has 1 atom stereocenters. The third-order valence-corrected chi connectivity index (χ3v) is 5.41. The molecule has 5 nitrogen and oxygen atoms in total. The van der Waals surface area contributed by atoms with Crippen molar-refractivity contribution in [3.05, 3.63) is 78.2 Å². The number of rotatable bonds is 2. The summed E-state index contributed by atoms with van der Waals surface area (Å²) in [6, 6.07) is 20.0. The highest BCUT2D eigenvalue weighted by molar-refractivity contribution is 5.98. The fraction of sp³-hybridized carbons (Fsp3) is 0.227. The van der Waals surface area contributed by atoms with Gasteiger partial charge in [-0.1, -0.05) is 36.4 Å². The second-order valence-electron chi connectivity index (χ2n) is 7.14. The third kappa shape index (κ3) is 2.85. The zero-order chi connectivity index (χ0) is 18.2. The molecule has 1 aliphatic heterocycles. The first-order chi connectivity index (χ1) is 13.3. The summed E-state index contributed by atoms with van der Waals surface area (Å²) >= 11 is 0. The molecule has 134 valence electrons. The van der Waals surface area contributed by atoms with E-state index in [1.54, 1.807) is 0 Å². The zero-order valence-electron chi connectivity index (χ0n) is 15.0. The first-order valence-electron chi connectivity index (χ1n) is 9.37. The van der Waals surface area contributed by atoms with Gasteiger partial charge in [0.15, 0.2) is 5.65 Å². The fourth-order valence-electron chi connectivity index (χ4n) is 4.02. The summed E-state index contributed by atoms with van der Waals surface area (Å²) in [5, 5.41) is 10.9. The van der Waals surface area contributed by atoms with Crippen molar-refractivity contribution < 1.29 is 4.79 Å². The quantitative estimate of drug-likeness (QED) is 0.547. The molecule has 2 aromatic carbocycles. The van der Waals surface area contributed by atoms with Crippen molar-refractivity contribution in [2.24, 2.45) is 0 Å². The highest BCUT2D eigenvalue weighted by Crippen LogP contribution is 2.27. The van der Waals surface area contributed by atoms with E-state index < -0.39 is 0 Å². The van der Waals surface area contributed by atoms with Gasteiger partial charge in [0, 0.05) is 30.8 Å². The summed E-state index contributed by atoms with van der Waals surface area (Å²) in [7, 11) is 0. The molecule has 5 rings (SSSR count). The third-order valence-electron chi connectivity index (χ3n) is 5.41. The van der Waals surface area contributed by atoms with Gasteiger partial charge in [-0.2, -0.15) is 0 Å². The maximum Gasteiger partial charge on any atom is 0.253 e. The highest BCUT2D eigenvalue weighted by Gasteiger charge is 2.28. The Hall–Kier alpha value is -3.21. The molecule has 27 heavy (non-hydrogen) atoms. The van der Waals surface area contributed by atoms with Crippen LogP contribution < -0.4 is 0 Å². The molecule has 1 fully saturated rings. The van der Waals surface area contributed by atoms with Gasteiger partial charge in [-0.15, -0.1) is 10.2 Å². The van der Waals surface area contributed by atoms with Crippen LogP contribution in [0.2, 0.25) is 0 Å². The van der Waals surface area contributed by atoms with Gasteiger partial charge in [-0.3, -0.25) is 9.20 Å². The number of carbonyl (C=O) groups is 1. The Balaban J connectivity index is 1.42. The highest BCUT2D eigenvalue weighted by atomic mass is 16.2. The molecule has 3 heterocycles. The SMILES string of the molecule is O=C(c1ccc2ccccc2c1)N1CCCC(c2nnc3ccccn23)C1. The lowest BCUT2D eigenvalue weighted by Crippen LogP contribution is -2.39. The van der Waals surface area contributed by atoms with E-state index in [-0.39, 0.29) is 11.8 Å². The van der Waals surface area contributed by atoms with Crippen LogP contribution in [-0.4, -0.2) is 38.5 Å². The Labute approximate surface area is 157 Å². The Morgan fingerprint density at radius 3 is 2.74 bits per heavy atom. The number of pyridine rings is 1. The maximum absolute atomic E-state index is 13.1. The Bertz CT molecular complexity index is 1130. The average molecular weight is 356 g/mol. The van der Waals surface area contributed by atoms with Crippen molar-refractivity contribution in [3.63, 3.8) is 0 Å². The van der Waals surface area contributed by atoms with Crippen LogP contribution in [-0.2, 0) is 0 Å². The number of piperidine rings is 1. The number of nitrogens with zero attached hydrogens (tertiary/aromatic N) is 4. The minimum absolute atomic E-state index is 0.0965. The molecule has 0 saturated carbocycles. The fourth-order valence-corrected chi connectivity index (χ4v) is 4.02. The van der Waals surface area contributed by atoms with Gasteiger partial charge in [0.1, 0.15) is 5.82 Å². The Kier molecular flexibility index (Phi) is 3.85. The molecule has 0 radical (unpaired) electrons. The largest absolute Gasteiger partial charge is 0.338 e. The van der Waals surface area contributed by atoms with E-state index in [9.17, 15) is 4.79 Å². The van der Waals surface area contributed by atoms with E-state index in [0.29, 0.717) is 6.54 Å². The zero-order valence-corrected chi connectivity index (χ0v) is 15.0. The molecule has 2 aromatic heterocycles. The van der Waals surface area contributed by atoms with Crippen molar-refractivity contribution >= 4 is 22.3 Å². The molecule has 0 N–H and O–H groups in total. The number of hydrogen-bond acceptors (Lipinski definition) is 3. The van der Waals surface area contributed by atoms with Crippen LogP contribution in [0.4, 0.5) is 0 Å². The first kappa shape index (κ1) is 16.0. The van der Waals surface area contributed by atoms with Crippen LogP contribution in [0.1, 0.15) is 34.9 Å².